The molecule has 1 aliphatic rings. The fourth-order valence-electron chi connectivity index (χ4n) is 2.60. The molecule has 17 heavy (non-hydrogen) atoms. The Morgan fingerprint density at radius 2 is 1.82 bits per heavy atom. The molecular formula is C15H23NO. The molecule has 0 bridgehead atoms. The smallest absolute Gasteiger partial charge is 0.115 e. The van der Waals surface area contributed by atoms with Crippen molar-refractivity contribution in [3.05, 3.63) is 24.3 Å². The summed E-state index contributed by atoms with van der Waals surface area (Å²) in [5.74, 6) is 0.331. The van der Waals surface area contributed by atoms with E-state index in [1.165, 1.54) is 32.1 Å². The number of rotatable bonds is 2. The minimum atomic E-state index is 0.331. The first kappa shape index (κ1) is 12.3. The highest BCUT2D eigenvalue weighted by atomic mass is 16.3. The van der Waals surface area contributed by atoms with Crippen LogP contribution in [0.3, 0.4) is 0 Å². The van der Waals surface area contributed by atoms with Gasteiger partial charge in [-0.05, 0) is 55.4 Å². The minimum absolute atomic E-state index is 0.331. The summed E-state index contributed by atoms with van der Waals surface area (Å²) in [5.41, 5.74) is 1.62. The monoisotopic (exact) mass is 233 g/mol. The van der Waals surface area contributed by atoms with Crippen LogP contribution >= 0.6 is 0 Å². The molecule has 0 saturated heterocycles. The van der Waals surface area contributed by atoms with E-state index in [0.717, 1.165) is 5.69 Å². The number of hydrogen-bond donors (Lipinski definition) is 2. The second-order valence-electron chi connectivity index (χ2n) is 5.98. The highest BCUT2D eigenvalue weighted by Gasteiger charge is 2.24. The maximum Gasteiger partial charge on any atom is 0.115 e. The predicted octanol–water partition coefficient (Wildman–Crippen LogP) is 4.16. The minimum Gasteiger partial charge on any atom is -0.508 e. The molecule has 0 aromatic heterocycles. The van der Waals surface area contributed by atoms with E-state index in [9.17, 15) is 5.11 Å². The van der Waals surface area contributed by atoms with Gasteiger partial charge in [-0.1, -0.05) is 20.3 Å². The summed E-state index contributed by atoms with van der Waals surface area (Å²) < 4.78 is 0. The van der Waals surface area contributed by atoms with Gasteiger partial charge in [0.05, 0.1) is 0 Å². The van der Waals surface area contributed by atoms with Gasteiger partial charge in [0.2, 0.25) is 0 Å². The zero-order valence-electron chi connectivity index (χ0n) is 10.9. The summed E-state index contributed by atoms with van der Waals surface area (Å²) in [4.78, 5) is 0. The standard InChI is InChI=1S/C15H23NO/c1-15(2)10-3-4-12(9-11-15)16-13-5-7-14(17)8-6-13/h5-8,12,16-17H,3-4,9-11H2,1-2H3. The molecule has 1 saturated carbocycles. The molecule has 0 heterocycles. The molecule has 2 nitrogen and oxygen atoms in total. The van der Waals surface area contributed by atoms with Crippen LogP contribution < -0.4 is 5.32 Å². The number of nitrogens with one attached hydrogen (secondary N) is 1. The third-order valence-corrected chi connectivity index (χ3v) is 3.81. The summed E-state index contributed by atoms with van der Waals surface area (Å²) in [6, 6.07) is 7.96. The summed E-state index contributed by atoms with van der Waals surface area (Å²) in [7, 11) is 0. The molecule has 0 aliphatic heterocycles. The van der Waals surface area contributed by atoms with Crippen LogP contribution in [0.1, 0.15) is 46.0 Å². The van der Waals surface area contributed by atoms with E-state index in [1.807, 2.05) is 12.1 Å². The number of benzene rings is 1. The third-order valence-electron chi connectivity index (χ3n) is 3.81. The van der Waals surface area contributed by atoms with Crippen LogP contribution in [0.5, 0.6) is 5.75 Å². The first-order valence-electron chi connectivity index (χ1n) is 6.61. The van der Waals surface area contributed by atoms with E-state index in [-0.39, 0.29) is 0 Å². The highest BCUT2D eigenvalue weighted by molar-refractivity contribution is 5.46. The molecule has 0 radical (unpaired) electrons. The lowest BCUT2D eigenvalue weighted by Crippen LogP contribution is -2.19. The van der Waals surface area contributed by atoms with E-state index >= 15 is 0 Å². The van der Waals surface area contributed by atoms with Crippen molar-refractivity contribution in [3.8, 4) is 5.75 Å². The molecule has 2 rings (SSSR count). The molecule has 94 valence electrons. The maximum absolute atomic E-state index is 9.25. The number of aromatic hydroxyl groups is 1. The first-order chi connectivity index (χ1) is 8.05. The van der Waals surface area contributed by atoms with E-state index in [2.05, 4.69) is 19.2 Å². The molecule has 0 amide bonds. The van der Waals surface area contributed by atoms with Gasteiger partial charge in [0.25, 0.3) is 0 Å². The Hall–Kier alpha value is -1.18. The summed E-state index contributed by atoms with van der Waals surface area (Å²) in [5, 5.41) is 12.8. The predicted molar refractivity (Wildman–Crippen MR) is 72.4 cm³/mol. The average Bonchev–Trinajstić information content (AvgIpc) is 2.44. The third kappa shape index (κ3) is 3.65. The second-order valence-corrected chi connectivity index (χ2v) is 5.98. The number of phenols is 1. The van der Waals surface area contributed by atoms with E-state index < -0.39 is 0 Å². The lowest BCUT2D eigenvalue weighted by molar-refractivity contribution is 0.313. The van der Waals surface area contributed by atoms with Crippen LogP contribution in [0, 0.1) is 5.41 Å². The SMILES string of the molecule is CC1(C)CCCC(Nc2ccc(O)cc2)CC1. The van der Waals surface area contributed by atoms with Crippen molar-refractivity contribution in [1.29, 1.82) is 0 Å². The van der Waals surface area contributed by atoms with Crippen molar-refractivity contribution < 1.29 is 5.11 Å². The summed E-state index contributed by atoms with van der Waals surface area (Å²) in [6.07, 6.45) is 6.43. The van der Waals surface area contributed by atoms with Crippen molar-refractivity contribution in [2.45, 2.75) is 52.0 Å². The summed E-state index contributed by atoms with van der Waals surface area (Å²) >= 11 is 0. The summed E-state index contributed by atoms with van der Waals surface area (Å²) in [6.45, 7) is 4.74. The Labute approximate surface area is 104 Å². The Balaban J connectivity index is 1.93. The number of hydrogen-bond acceptors (Lipinski definition) is 2. The van der Waals surface area contributed by atoms with Crippen LogP contribution in [0.4, 0.5) is 5.69 Å². The van der Waals surface area contributed by atoms with Gasteiger partial charge in [-0.3, -0.25) is 0 Å². The molecule has 1 fully saturated rings. The zero-order chi connectivity index (χ0) is 12.3. The number of phenolic OH excluding ortho intramolecular Hbond substituents is 1. The van der Waals surface area contributed by atoms with Gasteiger partial charge >= 0.3 is 0 Å². The van der Waals surface area contributed by atoms with Gasteiger partial charge in [0.1, 0.15) is 5.75 Å². The van der Waals surface area contributed by atoms with Crippen molar-refractivity contribution in [3.63, 3.8) is 0 Å². The van der Waals surface area contributed by atoms with Crippen molar-refractivity contribution in [2.24, 2.45) is 5.41 Å². The molecule has 0 spiro atoms. The van der Waals surface area contributed by atoms with Crippen LogP contribution in [0.2, 0.25) is 0 Å². The lowest BCUT2D eigenvalue weighted by atomic mass is 9.85. The zero-order valence-corrected chi connectivity index (χ0v) is 10.9. The van der Waals surface area contributed by atoms with Crippen LogP contribution in [0.25, 0.3) is 0 Å². The fourth-order valence-corrected chi connectivity index (χ4v) is 2.60. The number of anilines is 1. The Morgan fingerprint density at radius 3 is 2.53 bits per heavy atom. The maximum atomic E-state index is 9.25. The van der Waals surface area contributed by atoms with Crippen molar-refractivity contribution in [1.82, 2.24) is 0 Å². The Morgan fingerprint density at radius 1 is 1.12 bits per heavy atom. The lowest BCUT2D eigenvalue weighted by Gasteiger charge is -2.22. The molecule has 1 unspecified atom stereocenters. The Kier molecular flexibility index (Phi) is 3.60. The van der Waals surface area contributed by atoms with Crippen molar-refractivity contribution in [2.75, 3.05) is 5.32 Å². The van der Waals surface area contributed by atoms with Gasteiger partial charge < -0.3 is 10.4 Å². The van der Waals surface area contributed by atoms with Gasteiger partial charge in [0, 0.05) is 11.7 Å². The van der Waals surface area contributed by atoms with E-state index in [4.69, 9.17) is 0 Å². The molecule has 2 heteroatoms. The van der Waals surface area contributed by atoms with Gasteiger partial charge in [0.15, 0.2) is 0 Å². The Bertz CT molecular complexity index is 356. The van der Waals surface area contributed by atoms with Crippen LogP contribution in [-0.2, 0) is 0 Å². The normalized spacial score (nSPS) is 24.0. The largest absolute Gasteiger partial charge is 0.508 e. The van der Waals surface area contributed by atoms with E-state index in [1.54, 1.807) is 12.1 Å². The molecule has 1 aromatic carbocycles. The average molecular weight is 233 g/mol. The topological polar surface area (TPSA) is 32.3 Å². The van der Waals surface area contributed by atoms with Gasteiger partial charge in [-0.25, -0.2) is 0 Å². The molecule has 2 N–H and O–H groups in total. The van der Waals surface area contributed by atoms with Crippen LogP contribution in [-0.4, -0.2) is 11.1 Å². The van der Waals surface area contributed by atoms with Gasteiger partial charge in [-0.2, -0.15) is 0 Å². The second kappa shape index (κ2) is 4.99. The fraction of sp³-hybridized carbons (Fsp3) is 0.600. The first-order valence-corrected chi connectivity index (χ1v) is 6.61. The highest BCUT2D eigenvalue weighted by Crippen LogP contribution is 2.34. The van der Waals surface area contributed by atoms with E-state index in [0.29, 0.717) is 17.2 Å². The molecule has 1 aromatic rings. The van der Waals surface area contributed by atoms with Crippen molar-refractivity contribution >= 4 is 5.69 Å². The molecule has 1 aliphatic carbocycles. The molecular weight excluding hydrogens is 210 g/mol. The van der Waals surface area contributed by atoms with Gasteiger partial charge in [-0.15, -0.1) is 0 Å². The van der Waals surface area contributed by atoms with Crippen LogP contribution in [0.15, 0.2) is 24.3 Å². The quantitative estimate of drug-likeness (QED) is 0.593. The molecule has 1 atom stereocenters.